The van der Waals surface area contributed by atoms with E-state index in [2.05, 4.69) is 25.7 Å². The summed E-state index contributed by atoms with van der Waals surface area (Å²) in [7, 11) is 0. The Balaban J connectivity index is 2.27. The van der Waals surface area contributed by atoms with Gasteiger partial charge in [-0.15, -0.1) is 0 Å². The van der Waals surface area contributed by atoms with E-state index in [1.807, 2.05) is 11.3 Å². The molecule has 0 bridgehead atoms. The molecule has 0 aromatic carbocycles. The number of anilines is 1. The van der Waals surface area contributed by atoms with Gasteiger partial charge in [0.25, 0.3) is 0 Å². The minimum Gasteiger partial charge on any atom is -0.346 e. The van der Waals surface area contributed by atoms with Crippen molar-refractivity contribution in [2.75, 3.05) is 11.4 Å². The van der Waals surface area contributed by atoms with E-state index in [0.29, 0.717) is 6.04 Å². The molecule has 3 nitrogen and oxygen atoms in total. The van der Waals surface area contributed by atoms with Crippen molar-refractivity contribution in [3.05, 3.63) is 10.6 Å². The van der Waals surface area contributed by atoms with Crippen LogP contribution in [0.25, 0.3) is 0 Å². The van der Waals surface area contributed by atoms with Gasteiger partial charge in [-0.05, 0) is 39.5 Å². The lowest BCUT2D eigenvalue weighted by atomic mass is 9.99. The number of nitrogens with two attached hydrogens (primary N) is 1. The van der Waals surface area contributed by atoms with Crippen LogP contribution in [0, 0.1) is 0 Å². The highest BCUT2D eigenvalue weighted by molar-refractivity contribution is 7.15. The van der Waals surface area contributed by atoms with Crippen LogP contribution in [0.1, 0.15) is 56.6 Å². The summed E-state index contributed by atoms with van der Waals surface area (Å²) in [5, 5.41) is 1.17. The SMILES string of the molecule is CCC(C)N(CC)c1nc2c(s1)C(N)CCC2. The monoisotopic (exact) mass is 253 g/mol. The Morgan fingerprint density at radius 2 is 2.29 bits per heavy atom. The maximum Gasteiger partial charge on any atom is 0.186 e. The van der Waals surface area contributed by atoms with Gasteiger partial charge in [-0.2, -0.15) is 0 Å². The first kappa shape index (κ1) is 12.8. The molecule has 1 aromatic rings. The second kappa shape index (κ2) is 5.36. The van der Waals surface area contributed by atoms with E-state index in [0.717, 1.165) is 25.8 Å². The third-order valence-electron chi connectivity index (χ3n) is 3.69. The summed E-state index contributed by atoms with van der Waals surface area (Å²) in [5.41, 5.74) is 7.42. The number of aryl methyl sites for hydroxylation is 1. The molecule has 2 N–H and O–H groups in total. The van der Waals surface area contributed by atoms with E-state index < -0.39 is 0 Å². The minimum atomic E-state index is 0.223. The third-order valence-corrected chi connectivity index (χ3v) is 4.96. The summed E-state index contributed by atoms with van der Waals surface area (Å²) in [6, 6.07) is 0.782. The quantitative estimate of drug-likeness (QED) is 0.896. The van der Waals surface area contributed by atoms with Gasteiger partial charge in [0.15, 0.2) is 5.13 Å². The van der Waals surface area contributed by atoms with Crippen LogP contribution in [0.4, 0.5) is 5.13 Å². The smallest absolute Gasteiger partial charge is 0.186 e. The Bertz CT molecular complexity index is 375. The van der Waals surface area contributed by atoms with Crippen LogP contribution in [0.15, 0.2) is 0 Å². The lowest BCUT2D eigenvalue weighted by molar-refractivity contribution is 0.572. The van der Waals surface area contributed by atoms with E-state index in [1.54, 1.807) is 0 Å². The maximum atomic E-state index is 6.16. The van der Waals surface area contributed by atoms with Crippen molar-refractivity contribution < 1.29 is 0 Å². The van der Waals surface area contributed by atoms with Crippen LogP contribution in [-0.4, -0.2) is 17.6 Å². The standard InChI is InChI=1S/C13H23N3S/c1-4-9(3)16(5-2)13-15-11-8-6-7-10(14)12(11)17-13/h9-10H,4-8,14H2,1-3H3. The minimum absolute atomic E-state index is 0.223. The summed E-state index contributed by atoms with van der Waals surface area (Å²) >= 11 is 1.81. The van der Waals surface area contributed by atoms with Crippen LogP contribution < -0.4 is 10.6 Å². The Kier molecular flexibility index (Phi) is 4.05. The molecule has 1 aliphatic carbocycles. The molecule has 17 heavy (non-hydrogen) atoms. The van der Waals surface area contributed by atoms with E-state index in [1.165, 1.54) is 22.1 Å². The predicted octanol–water partition coefficient (Wildman–Crippen LogP) is 3.10. The fourth-order valence-electron chi connectivity index (χ4n) is 2.42. The van der Waals surface area contributed by atoms with Crippen molar-refractivity contribution in [3.63, 3.8) is 0 Å². The zero-order valence-electron chi connectivity index (χ0n) is 11.1. The van der Waals surface area contributed by atoms with Gasteiger partial charge < -0.3 is 10.6 Å². The van der Waals surface area contributed by atoms with Crippen LogP contribution in [0.3, 0.4) is 0 Å². The van der Waals surface area contributed by atoms with E-state index in [9.17, 15) is 0 Å². The molecule has 0 saturated heterocycles. The van der Waals surface area contributed by atoms with Crippen molar-refractivity contribution in [2.45, 2.75) is 58.5 Å². The molecule has 2 rings (SSSR count). The van der Waals surface area contributed by atoms with Gasteiger partial charge in [0, 0.05) is 23.5 Å². The van der Waals surface area contributed by atoms with Crippen LogP contribution >= 0.6 is 11.3 Å². The Morgan fingerprint density at radius 1 is 1.53 bits per heavy atom. The zero-order valence-corrected chi connectivity index (χ0v) is 11.9. The maximum absolute atomic E-state index is 6.16. The first-order valence-electron chi connectivity index (χ1n) is 6.69. The average Bonchev–Trinajstić information content (AvgIpc) is 2.75. The molecule has 0 saturated carbocycles. The van der Waals surface area contributed by atoms with Crippen LogP contribution in [0.5, 0.6) is 0 Å². The molecule has 4 heteroatoms. The molecule has 0 radical (unpaired) electrons. The topological polar surface area (TPSA) is 42.2 Å². The van der Waals surface area contributed by atoms with Gasteiger partial charge in [0.2, 0.25) is 0 Å². The number of thiazole rings is 1. The Morgan fingerprint density at radius 3 is 2.88 bits per heavy atom. The third kappa shape index (κ3) is 2.47. The molecule has 0 spiro atoms. The molecule has 1 aromatic heterocycles. The molecular weight excluding hydrogens is 230 g/mol. The fourth-order valence-corrected chi connectivity index (χ4v) is 3.73. The molecule has 1 aliphatic rings. The largest absolute Gasteiger partial charge is 0.346 e. The molecule has 2 atom stereocenters. The van der Waals surface area contributed by atoms with E-state index in [4.69, 9.17) is 10.7 Å². The number of rotatable bonds is 4. The van der Waals surface area contributed by atoms with Crippen LogP contribution in [0.2, 0.25) is 0 Å². The van der Waals surface area contributed by atoms with Crippen molar-refractivity contribution in [1.82, 2.24) is 4.98 Å². The predicted molar refractivity (Wildman–Crippen MR) is 74.8 cm³/mol. The van der Waals surface area contributed by atoms with Crippen molar-refractivity contribution in [3.8, 4) is 0 Å². The van der Waals surface area contributed by atoms with Crippen LogP contribution in [-0.2, 0) is 6.42 Å². The number of hydrogen-bond donors (Lipinski definition) is 1. The lowest BCUT2D eigenvalue weighted by Gasteiger charge is -2.26. The number of nitrogens with zero attached hydrogens (tertiary/aromatic N) is 2. The zero-order chi connectivity index (χ0) is 12.4. The average molecular weight is 253 g/mol. The van der Waals surface area contributed by atoms with Gasteiger partial charge in [-0.1, -0.05) is 18.3 Å². The summed E-state index contributed by atoms with van der Waals surface area (Å²) in [4.78, 5) is 8.53. The second-order valence-corrected chi connectivity index (χ2v) is 5.86. The molecule has 0 amide bonds. The van der Waals surface area contributed by atoms with Gasteiger partial charge in [-0.25, -0.2) is 4.98 Å². The number of hydrogen-bond acceptors (Lipinski definition) is 4. The highest BCUT2D eigenvalue weighted by Crippen LogP contribution is 2.36. The molecule has 0 aliphatic heterocycles. The number of fused-ring (bicyclic) bond motifs is 1. The van der Waals surface area contributed by atoms with E-state index in [-0.39, 0.29) is 6.04 Å². The molecule has 0 fully saturated rings. The highest BCUT2D eigenvalue weighted by atomic mass is 32.1. The Labute approximate surface area is 108 Å². The summed E-state index contributed by atoms with van der Waals surface area (Å²) < 4.78 is 0. The fraction of sp³-hybridized carbons (Fsp3) is 0.769. The van der Waals surface area contributed by atoms with E-state index >= 15 is 0 Å². The Hall–Kier alpha value is -0.610. The molecule has 2 unspecified atom stereocenters. The van der Waals surface area contributed by atoms with Gasteiger partial charge in [0.05, 0.1) is 5.69 Å². The highest BCUT2D eigenvalue weighted by Gasteiger charge is 2.24. The van der Waals surface area contributed by atoms with Gasteiger partial charge in [-0.3, -0.25) is 0 Å². The summed E-state index contributed by atoms with van der Waals surface area (Å²) in [6.45, 7) is 7.72. The lowest BCUT2D eigenvalue weighted by Crippen LogP contribution is -2.32. The summed E-state index contributed by atoms with van der Waals surface area (Å²) in [5.74, 6) is 0. The molecular formula is C13H23N3S. The van der Waals surface area contributed by atoms with Gasteiger partial charge >= 0.3 is 0 Å². The first-order chi connectivity index (χ1) is 8.17. The van der Waals surface area contributed by atoms with Gasteiger partial charge in [0.1, 0.15) is 0 Å². The normalized spacial score (nSPS) is 21.1. The van der Waals surface area contributed by atoms with Crippen molar-refractivity contribution in [2.24, 2.45) is 5.73 Å². The molecule has 1 heterocycles. The second-order valence-electron chi connectivity index (χ2n) is 4.85. The van der Waals surface area contributed by atoms with Crippen molar-refractivity contribution >= 4 is 16.5 Å². The van der Waals surface area contributed by atoms with Crippen molar-refractivity contribution in [1.29, 1.82) is 0 Å². The first-order valence-corrected chi connectivity index (χ1v) is 7.50. The summed E-state index contributed by atoms with van der Waals surface area (Å²) in [6.07, 6.45) is 4.57. The number of aromatic nitrogens is 1. The molecule has 96 valence electrons.